The standard InChI is InChI=1S/C13H13F2N3O.C2H6.H2/c14-13(15)2-5-18(6-3-13)12(19)10-7-9-1-4-16-11(9)17-8-10;1-2;/h1,4,7-8H,2-3,5-6H2,(H,16,17);1-2H3;1H. The molecule has 0 radical (unpaired) electrons. The van der Waals surface area contributed by atoms with Crippen LogP contribution in [-0.2, 0) is 0 Å². The Labute approximate surface area is 123 Å². The summed E-state index contributed by atoms with van der Waals surface area (Å²) in [5, 5.41) is 0.841. The SMILES string of the molecule is CC.O=C(c1cnc2[nH]ccc2c1)N1CCC(F)(F)CC1.[HH]. The Morgan fingerprint density at radius 1 is 1.38 bits per heavy atom. The molecule has 2 aromatic rings. The number of nitrogens with zero attached hydrogens (tertiary/aromatic N) is 2. The van der Waals surface area contributed by atoms with Gasteiger partial charge in [0.25, 0.3) is 11.8 Å². The Kier molecular flexibility index (Phi) is 4.55. The van der Waals surface area contributed by atoms with Gasteiger partial charge in [-0.1, -0.05) is 13.8 Å². The molecule has 3 rings (SSSR count). The van der Waals surface area contributed by atoms with E-state index in [0.717, 1.165) is 5.39 Å². The molecule has 1 N–H and O–H groups in total. The van der Waals surface area contributed by atoms with Crippen LogP contribution in [0.15, 0.2) is 24.5 Å². The lowest BCUT2D eigenvalue weighted by Gasteiger charge is -2.31. The predicted octanol–water partition coefficient (Wildman–Crippen LogP) is 3.71. The number of alkyl halides is 2. The van der Waals surface area contributed by atoms with Crippen molar-refractivity contribution in [1.29, 1.82) is 0 Å². The van der Waals surface area contributed by atoms with Gasteiger partial charge in [-0.2, -0.15) is 0 Å². The average Bonchev–Trinajstić information content (AvgIpc) is 2.96. The van der Waals surface area contributed by atoms with Crippen molar-refractivity contribution < 1.29 is 15.0 Å². The first-order chi connectivity index (χ1) is 10.1. The highest BCUT2D eigenvalue weighted by molar-refractivity contribution is 5.97. The molecule has 4 nitrogen and oxygen atoms in total. The number of hydrogen-bond acceptors (Lipinski definition) is 2. The van der Waals surface area contributed by atoms with Crippen molar-refractivity contribution in [2.75, 3.05) is 13.1 Å². The van der Waals surface area contributed by atoms with Crippen molar-refractivity contribution in [3.63, 3.8) is 0 Å². The van der Waals surface area contributed by atoms with Crippen molar-refractivity contribution >= 4 is 16.9 Å². The van der Waals surface area contributed by atoms with Crippen molar-refractivity contribution in [3.05, 3.63) is 30.1 Å². The second-order valence-electron chi connectivity index (χ2n) is 4.79. The van der Waals surface area contributed by atoms with Crippen LogP contribution in [0, 0.1) is 0 Å². The fourth-order valence-electron chi connectivity index (χ4n) is 2.28. The molecule has 0 atom stereocenters. The third-order valence-electron chi connectivity index (χ3n) is 3.43. The highest BCUT2D eigenvalue weighted by Crippen LogP contribution is 2.28. The van der Waals surface area contributed by atoms with E-state index < -0.39 is 5.92 Å². The molecule has 1 aliphatic heterocycles. The molecule has 1 amide bonds. The zero-order valence-electron chi connectivity index (χ0n) is 12.2. The normalized spacial score (nSPS) is 17.2. The number of rotatable bonds is 1. The van der Waals surface area contributed by atoms with Gasteiger partial charge in [0.1, 0.15) is 5.65 Å². The molecule has 2 aromatic heterocycles. The highest BCUT2D eigenvalue weighted by atomic mass is 19.3. The summed E-state index contributed by atoms with van der Waals surface area (Å²) in [6.07, 6.45) is 2.69. The lowest BCUT2D eigenvalue weighted by atomic mass is 10.1. The fourth-order valence-corrected chi connectivity index (χ4v) is 2.28. The first-order valence-electron chi connectivity index (χ1n) is 7.15. The molecule has 0 bridgehead atoms. The van der Waals surface area contributed by atoms with E-state index in [9.17, 15) is 13.6 Å². The Bertz CT molecular complexity index is 620. The number of aromatic amines is 1. The van der Waals surface area contributed by atoms with Gasteiger partial charge in [-0.15, -0.1) is 0 Å². The largest absolute Gasteiger partial charge is 0.346 e. The second-order valence-corrected chi connectivity index (χ2v) is 4.79. The van der Waals surface area contributed by atoms with Gasteiger partial charge in [-0.05, 0) is 12.1 Å². The Balaban J connectivity index is 0.000000775. The third-order valence-corrected chi connectivity index (χ3v) is 3.43. The number of carbonyl (C=O) groups excluding carboxylic acids is 1. The number of piperidine rings is 1. The Morgan fingerprint density at radius 3 is 2.71 bits per heavy atom. The summed E-state index contributed by atoms with van der Waals surface area (Å²) in [5.41, 5.74) is 1.15. The molecule has 3 heterocycles. The van der Waals surface area contributed by atoms with Crippen LogP contribution in [-0.4, -0.2) is 39.8 Å². The summed E-state index contributed by atoms with van der Waals surface area (Å²) in [6, 6.07) is 3.55. The van der Waals surface area contributed by atoms with Crippen LogP contribution in [0.1, 0.15) is 38.5 Å². The average molecular weight is 297 g/mol. The molecule has 1 saturated heterocycles. The molecule has 6 heteroatoms. The maximum Gasteiger partial charge on any atom is 0.255 e. The number of amides is 1. The number of pyridine rings is 1. The van der Waals surface area contributed by atoms with Gasteiger partial charge in [0.15, 0.2) is 0 Å². The Morgan fingerprint density at radius 2 is 2.05 bits per heavy atom. The van der Waals surface area contributed by atoms with E-state index in [1.54, 1.807) is 12.3 Å². The van der Waals surface area contributed by atoms with E-state index in [1.807, 2.05) is 19.9 Å². The number of aromatic nitrogens is 2. The number of likely N-dealkylation sites (tertiary alicyclic amines) is 1. The third kappa shape index (κ3) is 3.37. The lowest BCUT2D eigenvalue weighted by molar-refractivity contribution is -0.0494. The molecule has 0 saturated carbocycles. The number of H-pyrrole nitrogens is 1. The van der Waals surface area contributed by atoms with E-state index in [1.165, 1.54) is 11.1 Å². The molecular formula is C15H21F2N3O. The zero-order chi connectivity index (χ0) is 15.5. The first-order valence-corrected chi connectivity index (χ1v) is 7.15. The summed E-state index contributed by atoms with van der Waals surface area (Å²) >= 11 is 0. The van der Waals surface area contributed by atoms with Crippen LogP contribution in [0.25, 0.3) is 11.0 Å². The maximum atomic E-state index is 13.1. The van der Waals surface area contributed by atoms with Crippen molar-refractivity contribution in [2.45, 2.75) is 32.6 Å². The van der Waals surface area contributed by atoms with E-state index in [4.69, 9.17) is 0 Å². The van der Waals surface area contributed by atoms with E-state index in [2.05, 4.69) is 9.97 Å². The Hall–Kier alpha value is -1.98. The minimum atomic E-state index is -2.64. The minimum absolute atomic E-state index is 0. The van der Waals surface area contributed by atoms with Gasteiger partial charge in [0.05, 0.1) is 5.56 Å². The van der Waals surface area contributed by atoms with E-state index in [-0.39, 0.29) is 33.3 Å². The van der Waals surface area contributed by atoms with Crippen LogP contribution >= 0.6 is 0 Å². The number of hydrogen-bond donors (Lipinski definition) is 1. The summed E-state index contributed by atoms with van der Waals surface area (Å²) in [6.45, 7) is 4.19. The second kappa shape index (κ2) is 6.20. The predicted molar refractivity (Wildman–Crippen MR) is 79.6 cm³/mol. The van der Waals surface area contributed by atoms with Gasteiger partial charge in [0, 0.05) is 45.1 Å². The molecule has 0 aliphatic carbocycles. The van der Waals surface area contributed by atoms with Crippen molar-refractivity contribution in [1.82, 2.24) is 14.9 Å². The first kappa shape index (κ1) is 15.4. The molecule has 0 unspecified atom stereocenters. The van der Waals surface area contributed by atoms with Crippen LogP contribution in [0.3, 0.4) is 0 Å². The van der Waals surface area contributed by atoms with Gasteiger partial charge < -0.3 is 9.88 Å². The number of fused-ring (bicyclic) bond motifs is 1. The van der Waals surface area contributed by atoms with Crippen molar-refractivity contribution in [2.24, 2.45) is 0 Å². The topological polar surface area (TPSA) is 49.0 Å². The van der Waals surface area contributed by atoms with Gasteiger partial charge >= 0.3 is 0 Å². The molecule has 1 fully saturated rings. The van der Waals surface area contributed by atoms with Gasteiger partial charge in [0.2, 0.25) is 0 Å². The minimum Gasteiger partial charge on any atom is -0.346 e. The summed E-state index contributed by atoms with van der Waals surface area (Å²) in [5.74, 6) is -2.87. The maximum absolute atomic E-state index is 13.1. The van der Waals surface area contributed by atoms with Gasteiger partial charge in [-0.3, -0.25) is 4.79 Å². The van der Waals surface area contributed by atoms with E-state index >= 15 is 0 Å². The van der Waals surface area contributed by atoms with Gasteiger partial charge in [-0.25, -0.2) is 13.8 Å². The summed E-state index contributed by atoms with van der Waals surface area (Å²) < 4.78 is 26.1. The molecule has 0 spiro atoms. The lowest BCUT2D eigenvalue weighted by Crippen LogP contribution is -2.42. The van der Waals surface area contributed by atoms with Crippen molar-refractivity contribution in [3.8, 4) is 0 Å². The number of nitrogens with one attached hydrogen (secondary N) is 1. The van der Waals surface area contributed by atoms with Crippen LogP contribution in [0.2, 0.25) is 0 Å². The fraction of sp³-hybridized carbons (Fsp3) is 0.467. The summed E-state index contributed by atoms with van der Waals surface area (Å²) in [4.78, 5) is 20.7. The van der Waals surface area contributed by atoms with Crippen LogP contribution in [0.4, 0.5) is 8.78 Å². The smallest absolute Gasteiger partial charge is 0.255 e. The highest BCUT2D eigenvalue weighted by Gasteiger charge is 2.35. The van der Waals surface area contributed by atoms with Crippen LogP contribution in [0.5, 0.6) is 0 Å². The number of carbonyl (C=O) groups is 1. The zero-order valence-corrected chi connectivity index (χ0v) is 12.2. The van der Waals surface area contributed by atoms with E-state index in [0.29, 0.717) is 11.2 Å². The molecule has 21 heavy (non-hydrogen) atoms. The molecule has 0 aromatic carbocycles. The van der Waals surface area contributed by atoms with Crippen LogP contribution < -0.4 is 0 Å². The molecule has 116 valence electrons. The summed E-state index contributed by atoms with van der Waals surface area (Å²) in [7, 11) is 0. The monoisotopic (exact) mass is 297 g/mol. The quantitative estimate of drug-likeness (QED) is 0.872. The molecule has 1 aliphatic rings. The number of halogens is 2. The molecular weight excluding hydrogens is 276 g/mol.